The van der Waals surface area contributed by atoms with Crippen LogP contribution in [0.1, 0.15) is 18.0 Å². The molecule has 2 rings (SSSR count). The van der Waals surface area contributed by atoms with Gasteiger partial charge in [-0.1, -0.05) is 35.3 Å². The van der Waals surface area contributed by atoms with E-state index in [0.717, 1.165) is 6.26 Å². The van der Waals surface area contributed by atoms with Crippen molar-refractivity contribution >= 4 is 44.8 Å². The SMILES string of the molecule is CS(=O)(=O)N[C@H](CC(=O)Nc1ccc(Cl)c(Cl)c1)c1ccc(F)cc1. The minimum absolute atomic E-state index is 0.182. The third kappa shape index (κ3) is 6.28. The van der Waals surface area contributed by atoms with Gasteiger partial charge < -0.3 is 5.32 Å². The van der Waals surface area contributed by atoms with Crippen molar-refractivity contribution in [3.63, 3.8) is 0 Å². The van der Waals surface area contributed by atoms with E-state index in [4.69, 9.17) is 23.2 Å². The second-order valence-corrected chi connectivity index (χ2v) is 7.97. The van der Waals surface area contributed by atoms with Crippen molar-refractivity contribution in [2.75, 3.05) is 11.6 Å². The van der Waals surface area contributed by atoms with Crippen molar-refractivity contribution in [3.8, 4) is 0 Å². The van der Waals surface area contributed by atoms with Crippen LogP contribution in [0.3, 0.4) is 0 Å². The fourth-order valence-electron chi connectivity index (χ4n) is 2.15. The van der Waals surface area contributed by atoms with Crippen LogP contribution in [0.2, 0.25) is 10.0 Å². The van der Waals surface area contributed by atoms with Gasteiger partial charge in [-0.05, 0) is 35.9 Å². The van der Waals surface area contributed by atoms with E-state index in [1.165, 1.54) is 36.4 Å². The Morgan fingerprint density at radius 1 is 1.12 bits per heavy atom. The highest BCUT2D eigenvalue weighted by Gasteiger charge is 2.20. The van der Waals surface area contributed by atoms with Gasteiger partial charge in [0.1, 0.15) is 5.82 Å². The summed E-state index contributed by atoms with van der Waals surface area (Å²) in [6, 6.07) is 8.99. The molecule has 0 saturated heterocycles. The van der Waals surface area contributed by atoms with Gasteiger partial charge in [0.25, 0.3) is 0 Å². The fraction of sp³-hybridized carbons (Fsp3) is 0.188. The molecule has 25 heavy (non-hydrogen) atoms. The summed E-state index contributed by atoms with van der Waals surface area (Å²) < 4.78 is 38.5. The summed E-state index contributed by atoms with van der Waals surface area (Å²) in [6.45, 7) is 0. The molecule has 0 bridgehead atoms. The zero-order valence-corrected chi connectivity index (χ0v) is 15.4. The van der Waals surface area contributed by atoms with E-state index in [0.29, 0.717) is 16.3 Å². The van der Waals surface area contributed by atoms with Crippen LogP contribution in [0.5, 0.6) is 0 Å². The third-order valence-corrected chi connectivity index (χ3v) is 4.67. The van der Waals surface area contributed by atoms with Crippen LogP contribution >= 0.6 is 23.2 Å². The number of rotatable bonds is 6. The van der Waals surface area contributed by atoms with Crippen LogP contribution in [0.15, 0.2) is 42.5 Å². The fourth-order valence-corrected chi connectivity index (χ4v) is 3.19. The molecule has 0 heterocycles. The number of carbonyl (C=O) groups excluding carboxylic acids is 1. The maximum absolute atomic E-state index is 13.1. The van der Waals surface area contributed by atoms with Gasteiger partial charge in [-0.2, -0.15) is 0 Å². The lowest BCUT2D eigenvalue weighted by molar-refractivity contribution is -0.116. The van der Waals surface area contributed by atoms with Gasteiger partial charge in [0.15, 0.2) is 0 Å². The number of benzene rings is 2. The first-order valence-corrected chi connectivity index (χ1v) is 9.76. The maximum Gasteiger partial charge on any atom is 0.226 e. The Hall–Kier alpha value is -1.67. The highest BCUT2D eigenvalue weighted by molar-refractivity contribution is 7.88. The second kappa shape index (κ2) is 8.14. The molecule has 0 saturated carbocycles. The molecular formula is C16H15Cl2FN2O3S. The standard InChI is InChI=1S/C16H15Cl2FN2O3S/c1-25(23,24)21-15(10-2-4-11(19)5-3-10)9-16(22)20-12-6-7-13(17)14(18)8-12/h2-8,15,21H,9H2,1H3,(H,20,22)/t15-/m1/s1. The molecule has 0 unspecified atom stereocenters. The van der Waals surface area contributed by atoms with E-state index in [-0.39, 0.29) is 11.4 Å². The van der Waals surface area contributed by atoms with E-state index >= 15 is 0 Å². The summed E-state index contributed by atoms with van der Waals surface area (Å²) in [5.74, 6) is -0.897. The average Bonchev–Trinajstić information content (AvgIpc) is 2.49. The number of hydrogen-bond donors (Lipinski definition) is 2. The molecule has 134 valence electrons. The van der Waals surface area contributed by atoms with Crippen molar-refractivity contribution in [2.45, 2.75) is 12.5 Å². The lowest BCUT2D eigenvalue weighted by atomic mass is 10.0. The van der Waals surface area contributed by atoms with Gasteiger partial charge in [0, 0.05) is 12.1 Å². The molecule has 0 aromatic heterocycles. The third-order valence-electron chi connectivity index (χ3n) is 3.22. The van der Waals surface area contributed by atoms with E-state index in [1.54, 1.807) is 6.07 Å². The minimum Gasteiger partial charge on any atom is -0.326 e. The summed E-state index contributed by atoms with van der Waals surface area (Å²) in [5, 5.41) is 3.25. The van der Waals surface area contributed by atoms with Crippen molar-refractivity contribution in [1.82, 2.24) is 4.72 Å². The van der Waals surface area contributed by atoms with Gasteiger partial charge in [-0.25, -0.2) is 17.5 Å². The maximum atomic E-state index is 13.1. The lowest BCUT2D eigenvalue weighted by Crippen LogP contribution is -2.30. The van der Waals surface area contributed by atoms with Crippen molar-refractivity contribution < 1.29 is 17.6 Å². The van der Waals surface area contributed by atoms with Crippen molar-refractivity contribution in [2.24, 2.45) is 0 Å². The molecular weight excluding hydrogens is 390 g/mol. The quantitative estimate of drug-likeness (QED) is 0.769. The van der Waals surface area contributed by atoms with E-state index in [9.17, 15) is 17.6 Å². The molecule has 2 aromatic rings. The highest BCUT2D eigenvalue weighted by Crippen LogP contribution is 2.26. The zero-order chi connectivity index (χ0) is 18.6. The Balaban J connectivity index is 2.16. The van der Waals surface area contributed by atoms with Gasteiger partial charge in [0.05, 0.1) is 22.3 Å². The Morgan fingerprint density at radius 3 is 2.32 bits per heavy atom. The van der Waals surface area contributed by atoms with Gasteiger partial charge in [-0.15, -0.1) is 0 Å². The zero-order valence-electron chi connectivity index (χ0n) is 13.1. The first-order chi connectivity index (χ1) is 11.6. The average molecular weight is 405 g/mol. The second-order valence-electron chi connectivity index (χ2n) is 5.38. The molecule has 1 atom stereocenters. The van der Waals surface area contributed by atoms with E-state index < -0.39 is 27.8 Å². The first kappa shape index (κ1) is 19.7. The normalized spacial score (nSPS) is 12.6. The van der Waals surface area contributed by atoms with E-state index in [2.05, 4.69) is 10.0 Å². The molecule has 0 radical (unpaired) electrons. The highest BCUT2D eigenvalue weighted by atomic mass is 35.5. The van der Waals surface area contributed by atoms with Crippen molar-refractivity contribution in [3.05, 3.63) is 63.9 Å². The molecule has 5 nitrogen and oxygen atoms in total. The number of hydrogen-bond acceptors (Lipinski definition) is 3. The predicted molar refractivity (Wildman–Crippen MR) is 96.8 cm³/mol. The summed E-state index contributed by atoms with van der Waals surface area (Å²) in [6.07, 6.45) is 0.805. The molecule has 2 aromatic carbocycles. The lowest BCUT2D eigenvalue weighted by Gasteiger charge is -2.18. The Labute approximate surface area is 155 Å². The van der Waals surface area contributed by atoms with Crippen LogP contribution in [0.4, 0.5) is 10.1 Å². The first-order valence-electron chi connectivity index (χ1n) is 7.12. The van der Waals surface area contributed by atoms with Crippen LogP contribution in [-0.4, -0.2) is 20.6 Å². The predicted octanol–water partition coefficient (Wildman–Crippen LogP) is 3.75. The van der Waals surface area contributed by atoms with Gasteiger partial charge in [-0.3, -0.25) is 4.79 Å². The number of sulfonamides is 1. The van der Waals surface area contributed by atoms with Crippen LogP contribution in [0.25, 0.3) is 0 Å². The van der Waals surface area contributed by atoms with Gasteiger partial charge in [0.2, 0.25) is 15.9 Å². The van der Waals surface area contributed by atoms with Crippen LogP contribution in [0, 0.1) is 5.82 Å². The molecule has 9 heteroatoms. The largest absolute Gasteiger partial charge is 0.326 e. The molecule has 0 aliphatic carbocycles. The molecule has 0 spiro atoms. The number of anilines is 1. The summed E-state index contributed by atoms with van der Waals surface area (Å²) >= 11 is 11.7. The molecule has 0 fully saturated rings. The Morgan fingerprint density at radius 2 is 1.76 bits per heavy atom. The molecule has 0 aliphatic rings. The number of carbonyl (C=O) groups is 1. The summed E-state index contributed by atoms with van der Waals surface area (Å²) in [7, 11) is -3.57. The number of nitrogens with one attached hydrogen (secondary N) is 2. The summed E-state index contributed by atoms with van der Waals surface area (Å²) in [5.41, 5.74) is 0.896. The molecule has 2 N–H and O–H groups in total. The summed E-state index contributed by atoms with van der Waals surface area (Å²) in [4.78, 5) is 12.2. The smallest absolute Gasteiger partial charge is 0.226 e. The minimum atomic E-state index is -3.57. The van der Waals surface area contributed by atoms with Crippen molar-refractivity contribution in [1.29, 1.82) is 0 Å². The number of amides is 1. The molecule has 0 aliphatic heterocycles. The Kier molecular flexibility index (Phi) is 6.40. The molecule has 1 amide bonds. The van der Waals surface area contributed by atoms with Crippen LogP contribution in [-0.2, 0) is 14.8 Å². The van der Waals surface area contributed by atoms with Gasteiger partial charge >= 0.3 is 0 Å². The monoisotopic (exact) mass is 404 g/mol. The van der Waals surface area contributed by atoms with Crippen LogP contribution < -0.4 is 10.0 Å². The topological polar surface area (TPSA) is 75.3 Å². The Bertz CT molecular complexity index is 873. The number of halogens is 3. The van der Waals surface area contributed by atoms with E-state index in [1.807, 2.05) is 0 Å².